The third-order valence-corrected chi connectivity index (χ3v) is 10.1. The maximum atomic E-state index is 5.48. The molecule has 10 rings (SSSR count). The van der Waals surface area contributed by atoms with E-state index in [4.69, 9.17) is 4.98 Å². The molecule has 0 aliphatic heterocycles. The van der Waals surface area contributed by atoms with Crippen LogP contribution in [-0.2, 0) is 0 Å². The molecule has 2 heterocycles. The van der Waals surface area contributed by atoms with Crippen molar-refractivity contribution in [3.63, 3.8) is 0 Å². The van der Waals surface area contributed by atoms with Gasteiger partial charge in [-0.3, -0.25) is 0 Å². The Kier molecular flexibility index (Phi) is 7.14. The second kappa shape index (κ2) is 12.4. The van der Waals surface area contributed by atoms with E-state index in [1.807, 2.05) is 0 Å². The van der Waals surface area contributed by atoms with Crippen LogP contribution in [0.15, 0.2) is 200 Å². The standard InChI is InChI=1S/C49H33N3/c1-5-16-35(17-6-1)49-43-30-28-34-19-15-26-42(46-32-36-18-13-14-27-45(36)52(46)39-24-11-4-12-25-39)47(34)48(43)41-31-29-40(33-44(41)50-49)51(37-20-7-2-8-21-37)38-22-9-3-10-23-38/h1-33H. The van der Waals surface area contributed by atoms with Gasteiger partial charge in [0.2, 0.25) is 0 Å². The molecule has 0 amide bonds. The van der Waals surface area contributed by atoms with E-state index < -0.39 is 0 Å². The Morgan fingerprint density at radius 1 is 0.423 bits per heavy atom. The van der Waals surface area contributed by atoms with E-state index in [9.17, 15) is 0 Å². The van der Waals surface area contributed by atoms with Crippen LogP contribution in [0.4, 0.5) is 17.1 Å². The highest BCUT2D eigenvalue weighted by atomic mass is 15.1. The van der Waals surface area contributed by atoms with Crippen molar-refractivity contribution in [3.05, 3.63) is 200 Å². The average Bonchev–Trinajstić information content (AvgIpc) is 3.61. The number of fused-ring (bicyclic) bond motifs is 6. The minimum Gasteiger partial charge on any atom is -0.310 e. The lowest BCUT2D eigenvalue weighted by atomic mass is 9.91. The van der Waals surface area contributed by atoms with Gasteiger partial charge in [-0.25, -0.2) is 4.98 Å². The molecule has 0 radical (unpaired) electrons. The molecule has 2 aromatic heterocycles. The molecule has 0 spiro atoms. The lowest BCUT2D eigenvalue weighted by Crippen LogP contribution is -2.09. The second-order valence-electron chi connectivity index (χ2n) is 13.2. The highest BCUT2D eigenvalue weighted by molar-refractivity contribution is 6.26. The minimum absolute atomic E-state index is 0.951. The fourth-order valence-corrected chi connectivity index (χ4v) is 7.84. The Balaban J connectivity index is 1.31. The molecule has 0 bridgehead atoms. The largest absolute Gasteiger partial charge is 0.310 e. The number of benzene rings is 8. The third-order valence-electron chi connectivity index (χ3n) is 10.1. The second-order valence-corrected chi connectivity index (χ2v) is 13.2. The number of para-hydroxylation sites is 4. The van der Waals surface area contributed by atoms with E-state index in [-0.39, 0.29) is 0 Å². The average molecular weight is 664 g/mol. The molecule has 3 nitrogen and oxygen atoms in total. The van der Waals surface area contributed by atoms with Crippen molar-refractivity contribution in [2.45, 2.75) is 0 Å². The number of hydrogen-bond acceptors (Lipinski definition) is 2. The van der Waals surface area contributed by atoms with Crippen molar-refractivity contribution in [2.24, 2.45) is 0 Å². The van der Waals surface area contributed by atoms with Gasteiger partial charge in [0, 0.05) is 55.4 Å². The van der Waals surface area contributed by atoms with Gasteiger partial charge in [-0.15, -0.1) is 0 Å². The molecule has 52 heavy (non-hydrogen) atoms. The summed E-state index contributed by atoms with van der Waals surface area (Å²) in [5, 5.41) is 7.10. The number of pyridine rings is 1. The normalized spacial score (nSPS) is 11.5. The SMILES string of the molecule is c1ccc(-c2nc3cc(N(c4ccccc4)c4ccccc4)ccc3c3c2ccc2cccc(-c4cc5ccccc5n4-c4ccccc4)c23)cc1. The maximum absolute atomic E-state index is 5.48. The predicted molar refractivity (Wildman–Crippen MR) is 219 cm³/mol. The van der Waals surface area contributed by atoms with Crippen molar-refractivity contribution in [1.82, 2.24) is 9.55 Å². The van der Waals surface area contributed by atoms with E-state index in [2.05, 4.69) is 210 Å². The van der Waals surface area contributed by atoms with E-state index >= 15 is 0 Å². The van der Waals surface area contributed by atoms with Crippen molar-refractivity contribution in [3.8, 4) is 28.2 Å². The van der Waals surface area contributed by atoms with E-state index in [1.54, 1.807) is 0 Å². The third kappa shape index (κ3) is 4.94. The first-order valence-electron chi connectivity index (χ1n) is 17.7. The Labute approximate surface area is 302 Å². The number of aromatic nitrogens is 2. The minimum atomic E-state index is 0.951. The van der Waals surface area contributed by atoms with E-state index in [0.29, 0.717) is 0 Å². The molecular weight excluding hydrogens is 631 g/mol. The Morgan fingerprint density at radius 3 is 1.77 bits per heavy atom. The summed E-state index contributed by atoms with van der Waals surface area (Å²) in [4.78, 5) is 7.79. The van der Waals surface area contributed by atoms with Gasteiger partial charge in [-0.2, -0.15) is 0 Å². The Bertz CT molecular complexity index is 2840. The van der Waals surface area contributed by atoms with Crippen molar-refractivity contribution in [1.29, 1.82) is 0 Å². The molecule has 10 aromatic rings. The molecule has 0 aliphatic carbocycles. The smallest absolute Gasteiger partial charge is 0.0788 e. The summed E-state index contributed by atoms with van der Waals surface area (Å²) in [6.45, 7) is 0. The van der Waals surface area contributed by atoms with Crippen LogP contribution in [0.1, 0.15) is 0 Å². The van der Waals surface area contributed by atoms with Gasteiger partial charge in [0.25, 0.3) is 0 Å². The van der Waals surface area contributed by atoms with Crippen LogP contribution in [0, 0.1) is 0 Å². The van der Waals surface area contributed by atoms with Crippen molar-refractivity contribution in [2.75, 3.05) is 4.90 Å². The topological polar surface area (TPSA) is 21.1 Å². The number of nitrogens with zero attached hydrogens (tertiary/aromatic N) is 3. The van der Waals surface area contributed by atoms with Gasteiger partial charge in [-0.05, 0) is 71.4 Å². The molecule has 8 aromatic carbocycles. The summed E-state index contributed by atoms with van der Waals surface area (Å²) in [5.41, 5.74) is 10.9. The van der Waals surface area contributed by atoms with Crippen LogP contribution in [-0.4, -0.2) is 9.55 Å². The molecule has 244 valence electrons. The van der Waals surface area contributed by atoms with E-state index in [0.717, 1.165) is 56.0 Å². The number of hydrogen-bond donors (Lipinski definition) is 0. The summed E-state index contributed by atoms with van der Waals surface area (Å²) in [6, 6.07) is 71.4. The molecule has 0 atom stereocenters. The zero-order chi connectivity index (χ0) is 34.4. The molecule has 3 heteroatoms. The molecule has 0 saturated heterocycles. The lowest BCUT2D eigenvalue weighted by Gasteiger charge is -2.26. The van der Waals surface area contributed by atoms with Crippen LogP contribution in [0.2, 0.25) is 0 Å². The molecular formula is C49H33N3. The summed E-state index contributed by atoms with van der Waals surface area (Å²) in [6.07, 6.45) is 0. The fraction of sp³-hybridized carbons (Fsp3) is 0. The summed E-state index contributed by atoms with van der Waals surface area (Å²) in [5.74, 6) is 0. The van der Waals surface area contributed by atoms with Gasteiger partial charge < -0.3 is 9.47 Å². The van der Waals surface area contributed by atoms with Gasteiger partial charge >= 0.3 is 0 Å². The zero-order valence-corrected chi connectivity index (χ0v) is 28.4. The lowest BCUT2D eigenvalue weighted by molar-refractivity contribution is 1.14. The molecule has 0 saturated carbocycles. The van der Waals surface area contributed by atoms with Gasteiger partial charge in [0.15, 0.2) is 0 Å². The van der Waals surface area contributed by atoms with Crippen LogP contribution < -0.4 is 4.90 Å². The first-order chi connectivity index (χ1) is 25.8. The van der Waals surface area contributed by atoms with Gasteiger partial charge in [-0.1, -0.05) is 140 Å². The first-order valence-corrected chi connectivity index (χ1v) is 17.7. The number of anilines is 3. The molecule has 0 aliphatic rings. The highest BCUT2D eigenvalue weighted by Crippen LogP contribution is 2.44. The highest BCUT2D eigenvalue weighted by Gasteiger charge is 2.21. The van der Waals surface area contributed by atoms with Gasteiger partial charge in [0.1, 0.15) is 0 Å². The van der Waals surface area contributed by atoms with Crippen LogP contribution in [0.5, 0.6) is 0 Å². The summed E-state index contributed by atoms with van der Waals surface area (Å²) >= 11 is 0. The first kappa shape index (κ1) is 29.9. The van der Waals surface area contributed by atoms with Crippen LogP contribution >= 0.6 is 0 Å². The molecule has 0 fully saturated rings. The van der Waals surface area contributed by atoms with Gasteiger partial charge in [0.05, 0.1) is 22.4 Å². The Hall–Kier alpha value is -6.97. The fourth-order valence-electron chi connectivity index (χ4n) is 7.84. The summed E-state index contributed by atoms with van der Waals surface area (Å²) in [7, 11) is 0. The Morgan fingerprint density at radius 2 is 1.04 bits per heavy atom. The van der Waals surface area contributed by atoms with Crippen molar-refractivity contribution >= 4 is 60.4 Å². The zero-order valence-electron chi connectivity index (χ0n) is 28.4. The van der Waals surface area contributed by atoms with E-state index in [1.165, 1.54) is 32.6 Å². The van der Waals surface area contributed by atoms with Crippen LogP contribution in [0.25, 0.3) is 71.6 Å². The van der Waals surface area contributed by atoms with Crippen molar-refractivity contribution < 1.29 is 0 Å². The quantitative estimate of drug-likeness (QED) is 0.165. The molecule has 0 N–H and O–H groups in total. The maximum Gasteiger partial charge on any atom is 0.0788 e. The monoisotopic (exact) mass is 663 g/mol. The molecule has 0 unspecified atom stereocenters. The van der Waals surface area contributed by atoms with Crippen LogP contribution in [0.3, 0.4) is 0 Å². The summed E-state index contributed by atoms with van der Waals surface area (Å²) < 4.78 is 2.40. The number of rotatable bonds is 6. The predicted octanol–water partition coefficient (Wildman–Crippen LogP) is 13.3.